The molecule has 1 rings (SSSR count). The number of nitrogens with one attached hydrogen (secondary N) is 1. The van der Waals surface area contributed by atoms with Crippen LogP contribution >= 0.6 is 0 Å². The van der Waals surface area contributed by atoms with Crippen LogP contribution in [-0.2, 0) is 19.1 Å². The standard InChI is InChI=1S/C20H36N2O5/c1-5-6-11-16(12-22(26)14-23)18(24)21-17(20(2,3)4)19(25)27-13-15-9-7-8-10-15/h14-17,26H,5-13H2,1-4H3,(H,21,24). The van der Waals surface area contributed by atoms with Crippen molar-refractivity contribution in [2.75, 3.05) is 13.2 Å². The smallest absolute Gasteiger partial charge is 0.329 e. The number of rotatable bonds is 11. The number of esters is 1. The molecule has 27 heavy (non-hydrogen) atoms. The minimum absolute atomic E-state index is 0.0939. The third kappa shape index (κ3) is 8.28. The molecule has 0 spiro atoms. The predicted octanol–water partition coefficient (Wildman–Crippen LogP) is 2.90. The molecule has 1 fully saturated rings. The molecule has 0 radical (unpaired) electrons. The van der Waals surface area contributed by atoms with Gasteiger partial charge < -0.3 is 10.1 Å². The number of hydrogen-bond acceptors (Lipinski definition) is 5. The Hall–Kier alpha value is -1.63. The lowest BCUT2D eigenvalue weighted by Crippen LogP contribution is -2.52. The highest BCUT2D eigenvalue weighted by Gasteiger charge is 2.36. The quantitative estimate of drug-likeness (QED) is 0.247. The van der Waals surface area contributed by atoms with Crippen LogP contribution in [0.5, 0.6) is 0 Å². The Kier molecular flexibility index (Phi) is 9.77. The molecule has 0 saturated heterocycles. The van der Waals surface area contributed by atoms with Crippen LogP contribution in [0.3, 0.4) is 0 Å². The summed E-state index contributed by atoms with van der Waals surface area (Å²) in [5.74, 6) is -0.930. The van der Waals surface area contributed by atoms with E-state index >= 15 is 0 Å². The maximum atomic E-state index is 12.7. The van der Waals surface area contributed by atoms with Crippen molar-refractivity contribution in [2.45, 2.75) is 78.7 Å². The van der Waals surface area contributed by atoms with Crippen LogP contribution < -0.4 is 5.32 Å². The molecular formula is C20H36N2O5. The van der Waals surface area contributed by atoms with E-state index in [4.69, 9.17) is 4.74 Å². The Morgan fingerprint density at radius 1 is 1.30 bits per heavy atom. The lowest BCUT2D eigenvalue weighted by Gasteiger charge is -2.31. The van der Waals surface area contributed by atoms with Gasteiger partial charge in [-0.2, -0.15) is 0 Å². The molecule has 7 heteroatoms. The predicted molar refractivity (Wildman–Crippen MR) is 102 cm³/mol. The van der Waals surface area contributed by atoms with Gasteiger partial charge in [0.1, 0.15) is 6.04 Å². The second-order valence-electron chi connectivity index (χ2n) is 8.65. The van der Waals surface area contributed by atoms with Crippen molar-refractivity contribution in [2.24, 2.45) is 17.3 Å². The fourth-order valence-electron chi connectivity index (χ4n) is 3.37. The zero-order valence-electron chi connectivity index (χ0n) is 17.2. The highest BCUT2D eigenvalue weighted by Crippen LogP contribution is 2.26. The Bertz CT molecular complexity index is 483. The molecule has 2 amide bonds. The van der Waals surface area contributed by atoms with Crippen LogP contribution in [0.2, 0.25) is 0 Å². The molecule has 156 valence electrons. The van der Waals surface area contributed by atoms with E-state index in [-0.39, 0.29) is 18.9 Å². The van der Waals surface area contributed by atoms with Crippen molar-refractivity contribution in [1.82, 2.24) is 10.4 Å². The lowest BCUT2D eigenvalue weighted by molar-refractivity contribution is -0.157. The van der Waals surface area contributed by atoms with Crippen LogP contribution in [-0.4, -0.2) is 47.8 Å². The molecule has 0 bridgehead atoms. The first kappa shape index (κ1) is 23.4. The Balaban J connectivity index is 2.74. The number of carbonyl (C=O) groups excluding carboxylic acids is 3. The first-order chi connectivity index (χ1) is 12.7. The zero-order chi connectivity index (χ0) is 20.4. The fourth-order valence-corrected chi connectivity index (χ4v) is 3.37. The van der Waals surface area contributed by atoms with E-state index in [0.717, 1.165) is 25.7 Å². The highest BCUT2D eigenvalue weighted by molar-refractivity contribution is 5.86. The van der Waals surface area contributed by atoms with Crippen molar-refractivity contribution < 1.29 is 24.3 Å². The van der Waals surface area contributed by atoms with Gasteiger partial charge in [0.05, 0.1) is 19.1 Å². The van der Waals surface area contributed by atoms with Crippen LogP contribution in [0.15, 0.2) is 0 Å². The van der Waals surface area contributed by atoms with Crippen molar-refractivity contribution in [3.05, 3.63) is 0 Å². The van der Waals surface area contributed by atoms with Gasteiger partial charge in [-0.15, -0.1) is 0 Å². The number of hydrogen-bond donors (Lipinski definition) is 2. The summed E-state index contributed by atoms with van der Waals surface area (Å²) < 4.78 is 5.51. The van der Waals surface area contributed by atoms with E-state index in [9.17, 15) is 19.6 Å². The van der Waals surface area contributed by atoms with Gasteiger partial charge in [0.25, 0.3) is 0 Å². The lowest BCUT2D eigenvalue weighted by atomic mass is 9.86. The van der Waals surface area contributed by atoms with E-state index in [2.05, 4.69) is 5.32 Å². The number of ether oxygens (including phenoxy) is 1. The van der Waals surface area contributed by atoms with Gasteiger partial charge in [0.2, 0.25) is 12.3 Å². The minimum Gasteiger partial charge on any atom is -0.464 e. The third-order valence-corrected chi connectivity index (χ3v) is 5.13. The summed E-state index contributed by atoms with van der Waals surface area (Å²) in [7, 11) is 0. The number of amides is 2. The molecule has 1 aliphatic rings. The van der Waals surface area contributed by atoms with Gasteiger partial charge in [0.15, 0.2) is 0 Å². The second-order valence-corrected chi connectivity index (χ2v) is 8.65. The van der Waals surface area contributed by atoms with Gasteiger partial charge in [0, 0.05) is 0 Å². The van der Waals surface area contributed by atoms with Crippen LogP contribution in [0, 0.1) is 17.3 Å². The van der Waals surface area contributed by atoms with Gasteiger partial charge in [-0.25, -0.2) is 9.86 Å². The Morgan fingerprint density at radius 2 is 1.93 bits per heavy atom. The summed E-state index contributed by atoms with van der Waals surface area (Å²) in [6.45, 7) is 7.93. The van der Waals surface area contributed by atoms with Gasteiger partial charge in [-0.1, -0.05) is 53.4 Å². The Labute approximate surface area is 162 Å². The molecule has 1 aliphatic carbocycles. The van der Waals surface area contributed by atoms with E-state index < -0.39 is 23.3 Å². The average Bonchev–Trinajstić information content (AvgIpc) is 3.13. The van der Waals surface area contributed by atoms with Crippen LogP contribution in [0.4, 0.5) is 0 Å². The Morgan fingerprint density at radius 3 is 2.44 bits per heavy atom. The summed E-state index contributed by atoms with van der Waals surface area (Å²) in [4.78, 5) is 36.1. The maximum absolute atomic E-state index is 12.7. The van der Waals surface area contributed by atoms with Gasteiger partial charge in [-0.05, 0) is 30.6 Å². The van der Waals surface area contributed by atoms with E-state index in [1.54, 1.807) is 0 Å². The van der Waals surface area contributed by atoms with Crippen molar-refractivity contribution in [1.29, 1.82) is 0 Å². The minimum atomic E-state index is -0.779. The normalized spacial score (nSPS) is 17.2. The molecule has 2 N–H and O–H groups in total. The topological polar surface area (TPSA) is 95.9 Å². The van der Waals surface area contributed by atoms with Gasteiger partial charge in [-0.3, -0.25) is 14.8 Å². The maximum Gasteiger partial charge on any atom is 0.329 e. The van der Waals surface area contributed by atoms with Crippen molar-refractivity contribution in [3.8, 4) is 0 Å². The van der Waals surface area contributed by atoms with Crippen molar-refractivity contribution in [3.63, 3.8) is 0 Å². The summed E-state index contributed by atoms with van der Waals surface area (Å²) in [5, 5.41) is 12.8. The van der Waals surface area contributed by atoms with E-state index in [0.29, 0.717) is 24.0 Å². The number of hydroxylamine groups is 2. The van der Waals surface area contributed by atoms with Crippen LogP contribution in [0.1, 0.15) is 72.6 Å². The summed E-state index contributed by atoms with van der Waals surface area (Å²) in [5.41, 5.74) is -0.513. The number of unbranched alkanes of at least 4 members (excludes halogenated alkanes) is 1. The highest BCUT2D eigenvalue weighted by atomic mass is 16.5. The molecule has 0 aromatic carbocycles. The first-order valence-corrected chi connectivity index (χ1v) is 10.1. The number of carbonyl (C=O) groups is 3. The molecule has 0 aromatic heterocycles. The first-order valence-electron chi connectivity index (χ1n) is 10.1. The van der Waals surface area contributed by atoms with Crippen LogP contribution in [0.25, 0.3) is 0 Å². The molecule has 1 saturated carbocycles. The summed E-state index contributed by atoms with van der Waals surface area (Å²) in [6, 6.07) is -0.779. The molecule has 7 nitrogen and oxygen atoms in total. The molecular weight excluding hydrogens is 348 g/mol. The summed E-state index contributed by atoms with van der Waals surface area (Å²) in [6.07, 6.45) is 7.00. The number of nitrogens with zero attached hydrogens (tertiary/aromatic N) is 1. The summed E-state index contributed by atoms with van der Waals surface area (Å²) >= 11 is 0. The van der Waals surface area contributed by atoms with E-state index in [1.807, 2.05) is 27.7 Å². The molecule has 2 atom stereocenters. The second kappa shape index (κ2) is 11.3. The van der Waals surface area contributed by atoms with E-state index in [1.165, 1.54) is 12.8 Å². The SMILES string of the molecule is CCCCC(CN(O)C=O)C(=O)NC(C(=O)OCC1CCCC1)C(C)(C)C. The zero-order valence-corrected chi connectivity index (χ0v) is 17.2. The molecule has 0 heterocycles. The molecule has 2 unspecified atom stereocenters. The van der Waals surface area contributed by atoms with Gasteiger partial charge >= 0.3 is 5.97 Å². The third-order valence-electron chi connectivity index (χ3n) is 5.13. The monoisotopic (exact) mass is 384 g/mol. The average molecular weight is 385 g/mol. The molecule has 0 aliphatic heterocycles. The largest absolute Gasteiger partial charge is 0.464 e. The molecule has 0 aromatic rings. The van der Waals surface area contributed by atoms with Crippen molar-refractivity contribution >= 4 is 18.3 Å². The fraction of sp³-hybridized carbons (Fsp3) is 0.850.